The number of amides is 1. The van der Waals surface area contributed by atoms with Gasteiger partial charge in [0.15, 0.2) is 0 Å². The van der Waals surface area contributed by atoms with Crippen LogP contribution < -0.4 is 5.32 Å². The first-order chi connectivity index (χ1) is 13.3. The highest BCUT2D eigenvalue weighted by atomic mass is 32.2. The van der Waals surface area contributed by atoms with E-state index < -0.39 is 0 Å². The van der Waals surface area contributed by atoms with E-state index in [0.29, 0.717) is 17.0 Å². The number of hydrogen-bond donors (Lipinski definition) is 1. The number of para-hydroxylation sites is 1. The zero-order chi connectivity index (χ0) is 18.2. The van der Waals surface area contributed by atoms with Crippen LogP contribution in [-0.2, 0) is 4.79 Å². The maximum Gasteiger partial charge on any atom is 0.234 e. The molecule has 1 saturated carbocycles. The molecule has 1 aliphatic heterocycles. The Kier molecular flexibility index (Phi) is 4.61. The van der Waals surface area contributed by atoms with E-state index >= 15 is 0 Å². The fourth-order valence-corrected chi connectivity index (χ4v) is 6.31. The molecule has 0 saturated heterocycles. The highest BCUT2D eigenvalue weighted by Crippen LogP contribution is 2.40. The molecule has 5 rings (SSSR count). The molecule has 0 radical (unpaired) electrons. The Morgan fingerprint density at radius 1 is 1.15 bits per heavy atom. The number of carbonyl (C=O) groups excluding carboxylic acids is 1. The van der Waals surface area contributed by atoms with Gasteiger partial charge in [-0.25, -0.2) is 0 Å². The summed E-state index contributed by atoms with van der Waals surface area (Å²) in [7, 11) is 0. The average molecular weight is 397 g/mol. The second kappa shape index (κ2) is 7.24. The van der Waals surface area contributed by atoms with Gasteiger partial charge in [-0.3, -0.25) is 9.79 Å². The summed E-state index contributed by atoms with van der Waals surface area (Å²) < 4.78 is 6.97. The standard InChI is InChI=1S/C21H20N2O2S2/c24-20(12-26-21-23-16-6-2-4-8-19(16)27-21)22-13-9-10-15-14-5-1-3-7-17(14)25-18(15)11-13/h1,3,5,7,9-11,16,19H,2,4,6,8,12H2,(H,22,24)/t16-,19+/m0/s1. The number of thioether (sulfide) groups is 2. The lowest BCUT2D eigenvalue weighted by Gasteiger charge is -2.21. The number of fused-ring (bicyclic) bond motifs is 4. The van der Waals surface area contributed by atoms with Crippen molar-refractivity contribution in [1.82, 2.24) is 0 Å². The Morgan fingerprint density at radius 3 is 2.93 bits per heavy atom. The van der Waals surface area contributed by atoms with Gasteiger partial charge in [0.1, 0.15) is 15.5 Å². The Morgan fingerprint density at radius 2 is 2.00 bits per heavy atom. The van der Waals surface area contributed by atoms with Crippen LogP contribution in [0.4, 0.5) is 5.69 Å². The van der Waals surface area contributed by atoms with E-state index in [1.807, 2.05) is 54.2 Å². The van der Waals surface area contributed by atoms with Gasteiger partial charge >= 0.3 is 0 Å². The van der Waals surface area contributed by atoms with Crippen LogP contribution in [0, 0.1) is 0 Å². The van der Waals surface area contributed by atoms with Gasteiger partial charge in [0.2, 0.25) is 5.91 Å². The molecule has 2 heterocycles. The molecular weight excluding hydrogens is 376 g/mol. The molecule has 6 heteroatoms. The lowest BCUT2D eigenvalue weighted by atomic mass is 9.96. The first-order valence-corrected chi connectivity index (χ1v) is 11.2. The molecule has 1 aromatic heterocycles. The van der Waals surface area contributed by atoms with Crippen molar-refractivity contribution >= 4 is 61.4 Å². The van der Waals surface area contributed by atoms with Gasteiger partial charge in [0.25, 0.3) is 0 Å². The fraction of sp³-hybridized carbons (Fsp3) is 0.333. The van der Waals surface area contributed by atoms with E-state index in [0.717, 1.165) is 32.0 Å². The molecule has 1 aliphatic carbocycles. The summed E-state index contributed by atoms with van der Waals surface area (Å²) in [6, 6.07) is 14.3. The first-order valence-electron chi connectivity index (χ1n) is 9.35. The lowest BCUT2D eigenvalue weighted by molar-refractivity contribution is -0.113. The monoisotopic (exact) mass is 396 g/mol. The third kappa shape index (κ3) is 3.48. The van der Waals surface area contributed by atoms with Gasteiger partial charge in [-0.15, -0.1) is 0 Å². The van der Waals surface area contributed by atoms with E-state index in [-0.39, 0.29) is 5.91 Å². The van der Waals surface area contributed by atoms with Gasteiger partial charge in [-0.1, -0.05) is 54.6 Å². The predicted molar refractivity (Wildman–Crippen MR) is 116 cm³/mol. The summed E-state index contributed by atoms with van der Waals surface area (Å²) in [5.74, 6) is 0.386. The largest absolute Gasteiger partial charge is 0.456 e. The lowest BCUT2D eigenvalue weighted by Crippen LogP contribution is -2.21. The van der Waals surface area contributed by atoms with Gasteiger partial charge in [-0.2, -0.15) is 0 Å². The van der Waals surface area contributed by atoms with Crippen molar-refractivity contribution in [1.29, 1.82) is 0 Å². The Bertz CT molecular complexity index is 1040. The van der Waals surface area contributed by atoms with E-state index in [9.17, 15) is 4.79 Å². The maximum atomic E-state index is 12.4. The third-order valence-electron chi connectivity index (χ3n) is 5.18. The second-order valence-corrected chi connectivity index (χ2v) is 9.50. The van der Waals surface area contributed by atoms with Crippen LogP contribution >= 0.6 is 23.5 Å². The number of hydrogen-bond acceptors (Lipinski definition) is 5. The molecule has 1 fully saturated rings. The van der Waals surface area contributed by atoms with E-state index in [1.54, 1.807) is 11.8 Å². The van der Waals surface area contributed by atoms with Gasteiger partial charge < -0.3 is 9.73 Å². The van der Waals surface area contributed by atoms with Crippen LogP contribution in [0.1, 0.15) is 25.7 Å². The molecule has 2 aliphatic rings. The molecule has 3 aromatic rings. The quantitative estimate of drug-likeness (QED) is 0.619. The van der Waals surface area contributed by atoms with Crippen molar-refractivity contribution in [3.8, 4) is 0 Å². The molecule has 0 spiro atoms. The Labute approximate surface area is 166 Å². The second-order valence-electron chi connectivity index (χ2n) is 7.05. The molecule has 138 valence electrons. The molecule has 2 aromatic carbocycles. The minimum Gasteiger partial charge on any atom is -0.456 e. The Hall–Kier alpha value is -1.92. The number of benzene rings is 2. The number of aliphatic imine (C=N–C) groups is 1. The summed E-state index contributed by atoms with van der Waals surface area (Å²) in [5, 5.41) is 5.78. The van der Waals surface area contributed by atoms with Gasteiger partial charge in [0, 0.05) is 27.8 Å². The van der Waals surface area contributed by atoms with Crippen molar-refractivity contribution in [3.05, 3.63) is 42.5 Å². The average Bonchev–Trinajstić information content (AvgIpc) is 3.26. The first kappa shape index (κ1) is 17.2. The van der Waals surface area contributed by atoms with Crippen molar-refractivity contribution in [2.75, 3.05) is 11.1 Å². The van der Waals surface area contributed by atoms with Crippen molar-refractivity contribution in [2.24, 2.45) is 4.99 Å². The van der Waals surface area contributed by atoms with Gasteiger partial charge in [-0.05, 0) is 31.0 Å². The highest BCUT2D eigenvalue weighted by Gasteiger charge is 2.32. The topological polar surface area (TPSA) is 54.6 Å². The van der Waals surface area contributed by atoms with Crippen molar-refractivity contribution in [2.45, 2.75) is 37.0 Å². The number of anilines is 1. The predicted octanol–water partition coefficient (Wildman–Crippen LogP) is 5.67. The fourth-order valence-electron chi connectivity index (χ4n) is 3.86. The molecule has 2 atom stereocenters. The molecule has 4 nitrogen and oxygen atoms in total. The van der Waals surface area contributed by atoms with Crippen molar-refractivity contribution < 1.29 is 9.21 Å². The number of furan rings is 1. The smallest absolute Gasteiger partial charge is 0.234 e. The third-order valence-corrected chi connectivity index (χ3v) is 7.74. The van der Waals surface area contributed by atoms with E-state index in [4.69, 9.17) is 9.41 Å². The minimum absolute atomic E-state index is 0.00590. The summed E-state index contributed by atoms with van der Waals surface area (Å²) in [6.45, 7) is 0. The van der Waals surface area contributed by atoms with E-state index in [2.05, 4.69) is 5.32 Å². The van der Waals surface area contributed by atoms with Crippen LogP contribution in [0.2, 0.25) is 0 Å². The normalized spacial score (nSPS) is 22.0. The summed E-state index contributed by atoms with van der Waals surface area (Å²) in [6.07, 6.45) is 5.05. The summed E-state index contributed by atoms with van der Waals surface area (Å²) >= 11 is 3.43. The Balaban J connectivity index is 1.24. The SMILES string of the molecule is O=C(CSC1=N[C@H]2CCCC[C@H]2S1)Nc1ccc2c(c1)oc1ccccc12. The van der Waals surface area contributed by atoms with E-state index in [1.165, 1.54) is 25.7 Å². The summed E-state index contributed by atoms with van der Waals surface area (Å²) in [4.78, 5) is 17.2. The van der Waals surface area contributed by atoms with Crippen LogP contribution in [0.5, 0.6) is 0 Å². The zero-order valence-electron chi connectivity index (χ0n) is 14.8. The zero-order valence-corrected chi connectivity index (χ0v) is 16.4. The molecule has 1 amide bonds. The van der Waals surface area contributed by atoms with Crippen LogP contribution in [0.15, 0.2) is 51.9 Å². The molecule has 1 N–H and O–H groups in total. The van der Waals surface area contributed by atoms with Crippen molar-refractivity contribution in [3.63, 3.8) is 0 Å². The molecular formula is C21H20N2O2S2. The minimum atomic E-state index is -0.00590. The van der Waals surface area contributed by atoms with Crippen LogP contribution in [-0.4, -0.2) is 27.3 Å². The summed E-state index contributed by atoms with van der Waals surface area (Å²) in [5.41, 5.74) is 2.42. The molecule has 27 heavy (non-hydrogen) atoms. The number of carbonyl (C=O) groups is 1. The number of nitrogens with zero attached hydrogens (tertiary/aromatic N) is 1. The number of nitrogens with one attached hydrogen (secondary N) is 1. The van der Waals surface area contributed by atoms with Crippen LogP contribution in [0.25, 0.3) is 21.9 Å². The van der Waals surface area contributed by atoms with Gasteiger partial charge in [0.05, 0.1) is 11.8 Å². The maximum absolute atomic E-state index is 12.4. The molecule has 0 unspecified atom stereocenters. The highest BCUT2D eigenvalue weighted by molar-refractivity contribution is 8.39. The number of rotatable bonds is 3. The molecule has 0 bridgehead atoms. The van der Waals surface area contributed by atoms with Crippen LogP contribution in [0.3, 0.4) is 0 Å².